The van der Waals surface area contributed by atoms with E-state index >= 15 is 0 Å². The molecule has 0 spiro atoms. The first kappa shape index (κ1) is 13.8. The van der Waals surface area contributed by atoms with Crippen molar-refractivity contribution >= 4 is 5.97 Å². The van der Waals surface area contributed by atoms with Crippen molar-refractivity contribution in [3.63, 3.8) is 0 Å². The van der Waals surface area contributed by atoms with E-state index in [0.717, 1.165) is 0 Å². The smallest absolute Gasteiger partial charge is 0.308 e. The molecule has 6 heteroatoms. The predicted octanol–water partition coefficient (Wildman–Crippen LogP) is -0.293. The normalized spacial score (nSPS) is 27.4. The summed E-state index contributed by atoms with van der Waals surface area (Å²) in [5.41, 5.74) is 0.685. The van der Waals surface area contributed by atoms with E-state index in [1.165, 1.54) is 12.1 Å². The number of aromatic hydroxyl groups is 1. The highest BCUT2D eigenvalue weighted by Crippen LogP contribution is 2.36. The van der Waals surface area contributed by atoms with E-state index < -0.39 is 30.0 Å². The Hall–Kier alpha value is -1.63. The fourth-order valence-corrected chi connectivity index (χ4v) is 2.67. The summed E-state index contributed by atoms with van der Waals surface area (Å²) in [5.74, 6) is -2.72. The third kappa shape index (κ3) is 2.86. The highest BCUT2D eigenvalue weighted by Gasteiger charge is 2.41. The molecule has 1 aromatic carbocycles. The fourth-order valence-electron chi connectivity index (χ4n) is 2.67. The molecule has 1 aromatic rings. The fraction of sp³-hybridized carbons (Fsp3) is 0.462. The lowest BCUT2D eigenvalue weighted by molar-refractivity contribution is -0.148. The zero-order chi connectivity index (χ0) is 14.0. The van der Waals surface area contributed by atoms with Crippen molar-refractivity contribution in [3.8, 4) is 5.75 Å². The van der Waals surface area contributed by atoms with E-state index in [1.807, 2.05) is 0 Å². The molecule has 0 aromatic heterocycles. The molecule has 3 atom stereocenters. The van der Waals surface area contributed by atoms with E-state index in [4.69, 9.17) is 0 Å². The minimum absolute atomic E-state index is 0.0886. The standard InChI is InChI=1S/C13H17NO5/c15-8-3-1-7(2-4-8)11-9(12(16)17)5-14-6-10(11)13(18)19/h1-4,9-12,14-17H,5-6H2,(H,18,19)/t9-,10+,11+/m1/s1. The average molecular weight is 267 g/mol. The Morgan fingerprint density at radius 2 is 1.84 bits per heavy atom. The number of carbonyl (C=O) groups is 1. The highest BCUT2D eigenvalue weighted by molar-refractivity contribution is 5.72. The molecule has 1 saturated heterocycles. The third-order valence-corrected chi connectivity index (χ3v) is 3.62. The lowest BCUT2D eigenvalue weighted by atomic mass is 9.74. The zero-order valence-electron chi connectivity index (χ0n) is 10.2. The molecule has 0 saturated carbocycles. The second kappa shape index (κ2) is 5.56. The van der Waals surface area contributed by atoms with E-state index in [1.54, 1.807) is 12.1 Å². The Morgan fingerprint density at radius 1 is 1.21 bits per heavy atom. The second-order valence-corrected chi connectivity index (χ2v) is 4.80. The Kier molecular flexibility index (Phi) is 4.04. The summed E-state index contributed by atoms with van der Waals surface area (Å²) < 4.78 is 0. The Labute approximate surface area is 110 Å². The number of hydrogen-bond donors (Lipinski definition) is 5. The summed E-state index contributed by atoms with van der Waals surface area (Å²) in [6.07, 6.45) is -1.59. The number of aliphatic hydroxyl groups excluding tert-OH is 1. The van der Waals surface area contributed by atoms with Crippen LogP contribution in [-0.2, 0) is 4.79 Å². The number of rotatable bonds is 3. The van der Waals surface area contributed by atoms with Gasteiger partial charge in [-0.05, 0) is 17.7 Å². The van der Waals surface area contributed by atoms with Gasteiger partial charge in [-0.1, -0.05) is 12.1 Å². The molecule has 5 N–H and O–H groups in total. The van der Waals surface area contributed by atoms with Gasteiger partial charge in [-0.3, -0.25) is 4.79 Å². The third-order valence-electron chi connectivity index (χ3n) is 3.62. The first-order valence-electron chi connectivity index (χ1n) is 6.09. The van der Waals surface area contributed by atoms with E-state index in [-0.39, 0.29) is 12.3 Å². The van der Waals surface area contributed by atoms with Gasteiger partial charge in [0.1, 0.15) is 5.75 Å². The van der Waals surface area contributed by atoms with Crippen molar-refractivity contribution in [2.24, 2.45) is 11.8 Å². The van der Waals surface area contributed by atoms with Crippen molar-refractivity contribution in [1.29, 1.82) is 0 Å². The molecule has 0 aliphatic carbocycles. The number of carboxylic acid groups (broad SMARTS) is 1. The van der Waals surface area contributed by atoms with Gasteiger partial charge in [0, 0.05) is 24.9 Å². The molecule has 1 aliphatic rings. The zero-order valence-corrected chi connectivity index (χ0v) is 10.2. The molecule has 19 heavy (non-hydrogen) atoms. The summed E-state index contributed by atoms with van der Waals surface area (Å²) in [6, 6.07) is 6.18. The van der Waals surface area contributed by atoms with Crippen LogP contribution >= 0.6 is 0 Å². The highest BCUT2D eigenvalue weighted by atomic mass is 16.5. The summed E-state index contributed by atoms with van der Waals surface area (Å²) in [7, 11) is 0. The number of piperidine rings is 1. The number of aliphatic carboxylic acids is 1. The number of phenols is 1. The summed E-state index contributed by atoms with van der Waals surface area (Å²) in [4.78, 5) is 11.3. The molecule has 6 nitrogen and oxygen atoms in total. The molecule has 1 fully saturated rings. The van der Waals surface area contributed by atoms with Crippen LogP contribution in [0.2, 0.25) is 0 Å². The first-order valence-corrected chi connectivity index (χ1v) is 6.09. The van der Waals surface area contributed by atoms with Crippen LogP contribution in [0.3, 0.4) is 0 Å². The number of aliphatic hydroxyl groups is 2. The minimum atomic E-state index is -1.59. The van der Waals surface area contributed by atoms with Crippen LogP contribution in [0.25, 0.3) is 0 Å². The van der Waals surface area contributed by atoms with Crippen LogP contribution in [0.4, 0.5) is 0 Å². The van der Waals surface area contributed by atoms with Crippen molar-refractivity contribution in [2.45, 2.75) is 12.2 Å². The molecule has 0 amide bonds. The molecule has 0 radical (unpaired) electrons. The first-order chi connectivity index (χ1) is 9.00. The molecule has 0 bridgehead atoms. The Balaban J connectivity index is 2.37. The number of carboxylic acids is 1. The summed E-state index contributed by atoms with van der Waals surface area (Å²) >= 11 is 0. The van der Waals surface area contributed by atoms with Gasteiger partial charge >= 0.3 is 5.97 Å². The number of hydrogen-bond acceptors (Lipinski definition) is 5. The molecule has 1 aliphatic heterocycles. The van der Waals surface area contributed by atoms with Crippen molar-refractivity contribution < 1.29 is 25.2 Å². The van der Waals surface area contributed by atoms with Gasteiger partial charge in [0.25, 0.3) is 0 Å². The maximum atomic E-state index is 11.3. The van der Waals surface area contributed by atoms with Gasteiger partial charge in [0.05, 0.1) is 5.92 Å². The topological polar surface area (TPSA) is 110 Å². The van der Waals surface area contributed by atoms with Crippen LogP contribution in [0.15, 0.2) is 24.3 Å². The van der Waals surface area contributed by atoms with E-state index in [2.05, 4.69) is 5.32 Å². The molecule has 2 rings (SSSR count). The maximum absolute atomic E-state index is 11.3. The Bertz CT molecular complexity index is 445. The van der Waals surface area contributed by atoms with Crippen LogP contribution in [0, 0.1) is 11.8 Å². The quantitative estimate of drug-likeness (QED) is 0.481. The van der Waals surface area contributed by atoms with Gasteiger partial charge < -0.3 is 25.7 Å². The van der Waals surface area contributed by atoms with Crippen molar-refractivity contribution in [2.75, 3.05) is 13.1 Å². The molecule has 0 unspecified atom stereocenters. The van der Waals surface area contributed by atoms with Crippen LogP contribution < -0.4 is 5.32 Å². The monoisotopic (exact) mass is 267 g/mol. The van der Waals surface area contributed by atoms with Gasteiger partial charge in [0.15, 0.2) is 6.29 Å². The largest absolute Gasteiger partial charge is 0.508 e. The van der Waals surface area contributed by atoms with Gasteiger partial charge in [-0.25, -0.2) is 0 Å². The van der Waals surface area contributed by atoms with Crippen LogP contribution in [0.5, 0.6) is 5.75 Å². The number of phenolic OH excluding ortho intramolecular Hbond substituents is 1. The van der Waals surface area contributed by atoms with Gasteiger partial charge in [0.2, 0.25) is 0 Å². The second-order valence-electron chi connectivity index (χ2n) is 4.80. The molecular formula is C13H17NO5. The van der Waals surface area contributed by atoms with E-state index in [9.17, 15) is 25.2 Å². The summed E-state index contributed by atoms with van der Waals surface area (Å²) in [5, 5.41) is 40.3. The lowest BCUT2D eigenvalue weighted by Crippen LogP contribution is -2.49. The SMILES string of the molecule is O=C(O)[C@H]1CNC[C@@H](C(O)O)[C@@H]1c1ccc(O)cc1. The number of benzene rings is 1. The Morgan fingerprint density at radius 3 is 2.37 bits per heavy atom. The predicted molar refractivity (Wildman–Crippen MR) is 66.6 cm³/mol. The number of nitrogens with one attached hydrogen (secondary N) is 1. The van der Waals surface area contributed by atoms with Gasteiger partial charge in [-0.15, -0.1) is 0 Å². The minimum Gasteiger partial charge on any atom is -0.508 e. The van der Waals surface area contributed by atoms with Gasteiger partial charge in [-0.2, -0.15) is 0 Å². The molecule has 104 valence electrons. The van der Waals surface area contributed by atoms with E-state index in [0.29, 0.717) is 12.1 Å². The molecule has 1 heterocycles. The molecular weight excluding hydrogens is 250 g/mol. The average Bonchev–Trinajstić information content (AvgIpc) is 2.38. The van der Waals surface area contributed by atoms with Crippen LogP contribution in [0.1, 0.15) is 11.5 Å². The van der Waals surface area contributed by atoms with Crippen LogP contribution in [-0.4, -0.2) is 45.8 Å². The summed E-state index contributed by atoms with van der Waals surface area (Å²) in [6.45, 7) is 0.622. The lowest BCUT2D eigenvalue weighted by Gasteiger charge is -2.37. The van der Waals surface area contributed by atoms with Crippen molar-refractivity contribution in [1.82, 2.24) is 5.32 Å². The van der Waals surface area contributed by atoms with Crippen molar-refractivity contribution in [3.05, 3.63) is 29.8 Å². The maximum Gasteiger partial charge on any atom is 0.308 e.